The van der Waals surface area contributed by atoms with Gasteiger partial charge in [-0.3, -0.25) is 0 Å². The molecule has 1 unspecified atom stereocenters. The van der Waals surface area contributed by atoms with E-state index in [0.29, 0.717) is 5.69 Å². The van der Waals surface area contributed by atoms with E-state index in [2.05, 4.69) is 21.5 Å². The number of benzene rings is 2. The van der Waals surface area contributed by atoms with Gasteiger partial charge in [0.25, 0.3) is 0 Å². The Bertz CT molecular complexity index is 834. The molecule has 1 heterocycles. The summed E-state index contributed by atoms with van der Waals surface area (Å²) < 4.78 is 15.5. The molecule has 0 saturated carbocycles. The van der Waals surface area contributed by atoms with Crippen LogP contribution >= 0.6 is 0 Å². The van der Waals surface area contributed by atoms with E-state index in [0.717, 1.165) is 16.8 Å². The van der Waals surface area contributed by atoms with Gasteiger partial charge >= 0.3 is 0 Å². The van der Waals surface area contributed by atoms with Crippen molar-refractivity contribution in [1.82, 2.24) is 14.8 Å². The average molecular weight is 307 g/mol. The monoisotopic (exact) mass is 307 g/mol. The first kappa shape index (κ1) is 14.7. The molecule has 0 amide bonds. The molecule has 0 aliphatic carbocycles. The minimum Gasteiger partial charge on any atom is -0.364 e. The molecule has 0 radical (unpaired) electrons. The molecule has 0 fully saturated rings. The number of rotatable bonds is 4. The van der Waals surface area contributed by atoms with Gasteiger partial charge in [-0.15, -0.1) is 0 Å². The smallest absolute Gasteiger partial charge is 0.146 e. The number of nitrogens with zero attached hydrogens (tertiary/aromatic N) is 4. The van der Waals surface area contributed by atoms with Crippen molar-refractivity contribution in [1.29, 1.82) is 5.26 Å². The Balaban J connectivity index is 1.84. The lowest BCUT2D eigenvalue weighted by atomic mass is 10.1. The fourth-order valence-electron chi connectivity index (χ4n) is 2.26. The van der Waals surface area contributed by atoms with E-state index in [1.807, 2.05) is 31.2 Å². The summed E-state index contributed by atoms with van der Waals surface area (Å²) in [6.07, 6.45) is 3.05. The minimum atomic E-state index is -0.643. The predicted octanol–water partition coefficient (Wildman–Crippen LogP) is 3.39. The zero-order chi connectivity index (χ0) is 16.2. The van der Waals surface area contributed by atoms with Crippen molar-refractivity contribution in [2.45, 2.75) is 13.0 Å². The lowest BCUT2D eigenvalue weighted by Crippen LogP contribution is -2.10. The summed E-state index contributed by atoms with van der Waals surface area (Å²) in [5, 5.41) is 16.4. The van der Waals surface area contributed by atoms with Crippen molar-refractivity contribution in [3.63, 3.8) is 0 Å². The van der Waals surface area contributed by atoms with Gasteiger partial charge in [0.05, 0.1) is 17.4 Å². The normalized spacial score (nSPS) is 11.7. The van der Waals surface area contributed by atoms with E-state index in [1.54, 1.807) is 23.1 Å². The van der Waals surface area contributed by atoms with Gasteiger partial charge in [0.1, 0.15) is 24.5 Å². The van der Waals surface area contributed by atoms with Crippen LogP contribution < -0.4 is 5.32 Å². The van der Waals surface area contributed by atoms with Crippen molar-refractivity contribution in [3.8, 4) is 11.8 Å². The fraction of sp³-hybridized carbons (Fsp3) is 0.118. The van der Waals surface area contributed by atoms with Crippen LogP contribution in [0.3, 0.4) is 0 Å². The first-order valence-electron chi connectivity index (χ1n) is 7.04. The van der Waals surface area contributed by atoms with Gasteiger partial charge in [-0.05, 0) is 42.3 Å². The molecule has 0 aliphatic rings. The predicted molar refractivity (Wildman–Crippen MR) is 84.5 cm³/mol. The Labute approximate surface area is 133 Å². The molecule has 23 heavy (non-hydrogen) atoms. The van der Waals surface area contributed by atoms with Crippen molar-refractivity contribution >= 4 is 5.69 Å². The quantitative estimate of drug-likeness (QED) is 0.802. The number of hydrogen-bond donors (Lipinski definition) is 1. The highest BCUT2D eigenvalue weighted by atomic mass is 19.1. The van der Waals surface area contributed by atoms with Crippen molar-refractivity contribution in [3.05, 3.63) is 72.1 Å². The molecule has 0 aliphatic heterocycles. The van der Waals surface area contributed by atoms with Crippen LogP contribution in [0.25, 0.3) is 5.69 Å². The van der Waals surface area contributed by atoms with Crippen LogP contribution in [0.1, 0.15) is 17.2 Å². The molecular weight excluding hydrogens is 293 g/mol. The molecule has 1 N–H and O–H groups in total. The molecule has 2 aromatic carbocycles. The van der Waals surface area contributed by atoms with E-state index >= 15 is 0 Å². The molecule has 0 spiro atoms. The Morgan fingerprint density at radius 1 is 1.22 bits per heavy atom. The van der Waals surface area contributed by atoms with Crippen LogP contribution in [-0.2, 0) is 0 Å². The van der Waals surface area contributed by atoms with Crippen LogP contribution in [0.5, 0.6) is 0 Å². The lowest BCUT2D eigenvalue weighted by Gasteiger charge is -2.15. The number of anilines is 1. The van der Waals surface area contributed by atoms with Gasteiger partial charge in [-0.25, -0.2) is 14.1 Å². The average Bonchev–Trinajstić information content (AvgIpc) is 3.10. The summed E-state index contributed by atoms with van der Waals surface area (Å²) in [6.45, 7) is 1.87. The number of nitriles is 1. The first-order valence-corrected chi connectivity index (χ1v) is 7.04. The van der Waals surface area contributed by atoms with Crippen LogP contribution in [0, 0.1) is 24.1 Å². The Kier molecular flexibility index (Phi) is 4.02. The zero-order valence-electron chi connectivity index (χ0n) is 12.4. The largest absolute Gasteiger partial charge is 0.364 e. The van der Waals surface area contributed by atoms with E-state index in [1.165, 1.54) is 12.4 Å². The first-order chi connectivity index (χ1) is 11.2. The third kappa shape index (κ3) is 3.19. The second kappa shape index (κ2) is 6.28. The standard InChI is InChI=1S/C17H14FN5/c1-12-2-7-15(18)16(8-12)22-17(9-19)13-3-5-14(6-4-13)23-11-20-10-21-23/h2-8,10-11,17,22H,1H3. The van der Waals surface area contributed by atoms with Crippen molar-refractivity contribution < 1.29 is 4.39 Å². The van der Waals surface area contributed by atoms with Crippen LogP contribution in [0.2, 0.25) is 0 Å². The van der Waals surface area contributed by atoms with E-state index < -0.39 is 6.04 Å². The summed E-state index contributed by atoms with van der Waals surface area (Å²) in [7, 11) is 0. The SMILES string of the molecule is Cc1ccc(F)c(NC(C#N)c2ccc(-n3cncn3)cc2)c1. The summed E-state index contributed by atoms with van der Waals surface area (Å²) in [5.74, 6) is -0.380. The maximum Gasteiger partial charge on any atom is 0.146 e. The molecule has 0 saturated heterocycles. The number of hydrogen-bond acceptors (Lipinski definition) is 4. The van der Waals surface area contributed by atoms with Gasteiger partial charge < -0.3 is 5.32 Å². The van der Waals surface area contributed by atoms with Crippen molar-refractivity contribution in [2.24, 2.45) is 0 Å². The molecule has 5 nitrogen and oxygen atoms in total. The molecule has 1 aromatic heterocycles. The number of nitrogens with one attached hydrogen (secondary N) is 1. The van der Waals surface area contributed by atoms with Gasteiger partial charge in [-0.1, -0.05) is 18.2 Å². The minimum absolute atomic E-state index is 0.317. The Hall–Kier alpha value is -3.20. The van der Waals surface area contributed by atoms with Gasteiger partial charge in [0, 0.05) is 0 Å². The molecular formula is C17H14FN5. The molecule has 6 heteroatoms. The molecule has 3 aromatic rings. The van der Waals surface area contributed by atoms with E-state index in [9.17, 15) is 9.65 Å². The highest BCUT2D eigenvalue weighted by molar-refractivity contribution is 5.51. The van der Waals surface area contributed by atoms with Gasteiger partial charge in [-0.2, -0.15) is 10.4 Å². The van der Waals surface area contributed by atoms with E-state index in [-0.39, 0.29) is 5.82 Å². The Morgan fingerprint density at radius 3 is 2.65 bits per heavy atom. The van der Waals surface area contributed by atoms with Crippen LogP contribution in [0.15, 0.2) is 55.1 Å². The highest BCUT2D eigenvalue weighted by Gasteiger charge is 2.13. The second-order valence-electron chi connectivity index (χ2n) is 5.12. The molecule has 0 bridgehead atoms. The summed E-state index contributed by atoms with van der Waals surface area (Å²) >= 11 is 0. The van der Waals surface area contributed by atoms with Crippen LogP contribution in [-0.4, -0.2) is 14.8 Å². The van der Waals surface area contributed by atoms with Crippen molar-refractivity contribution in [2.75, 3.05) is 5.32 Å². The number of aromatic nitrogens is 3. The summed E-state index contributed by atoms with van der Waals surface area (Å²) in [4.78, 5) is 3.89. The summed E-state index contributed by atoms with van der Waals surface area (Å²) in [6, 6.07) is 13.6. The van der Waals surface area contributed by atoms with Crippen LogP contribution in [0.4, 0.5) is 10.1 Å². The molecule has 114 valence electrons. The second-order valence-corrected chi connectivity index (χ2v) is 5.12. The van der Waals surface area contributed by atoms with Gasteiger partial charge in [0.15, 0.2) is 0 Å². The van der Waals surface area contributed by atoms with E-state index in [4.69, 9.17) is 0 Å². The Morgan fingerprint density at radius 2 is 2.00 bits per heavy atom. The zero-order valence-corrected chi connectivity index (χ0v) is 12.4. The molecule has 1 atom stereocenters. The topological polar surface area (TPSA) is 66.5 Å². The molecule has 3 rings (SSSR count). The summed E-state index contributed by atoms with van der Waals surface area (Å²) in [5.41, 5.74) is 2.82. The maximum absolute atomic E-state index is 13.8. The third-order valence-corrected chi connectivity index (χ3v) is 3.46. The lowest BCUT2D eigenvalue weighted by molar-refractivity contribution is 0.628. The fourth-order valence-corrected chi connectivity index (χ4v) is 2.26. The number of halogens is 1. The third-order valence-electron chi connectivity index (χ3n) is 3.46. The highest BCUT2D eigenvalue weighted by Crippen LogP contribution is 2.23. The maximum atomic E-state index is 13.8. The van der Waals surface area contributed by atoms with Gasteiger partial charge in [0.2, 0.25) is 0 Å². The number of aryl methyl sites for hydroxylation is 1.